The van der Waals surface area contributed by atoms with E-state index in [0.717, 1.165) is 25.0 Å². The molecule has 4 heteroatoms. The summed E-state index contributed by atoms with van der Waals surface area (Å²) in [6.07, 6.45) is 1.83. The topological polar surface area (TPSA) is 55.8 Å². The Balaban J connectivity index is 2.21. The maximum absolute atomic E-state index is 11.1. The van der Waals surface area contributed by atoms with Crippen LogP contribution in [0.4, 0.5) is 0 Å². The van der Waals surface area contributed by atoms with Crippen LogP contribution in [0.5, 0.6) is 5.75 Å². The van der Waals surface area contributed by atoms with Crippen LogP contribution in [0.25, 0.3) is 0 Å². The first-order valence-corrected chi connectivity index (χ1v) is 5.76. The van der Waals surface area contributed by atoms with Gasteiger partial charge in [0.1, 0.15) is 17.4 Å². The van der Waals surface area contributed by atoms with Crippen molar-refractivity contribution < 1.29 is 19.4 Å². The zero-order valence-corrected chi connectivity index (χ0v) is 9.81. The fraction of sp³-hybridized carbons (Fsp3) is 0.462. The van der Waals surface area contributed by atoms with Crippen molar-refractivity contribution in [3.05, 3.63) is 29.3 Å². The van der Waals surface area contributed by atoms with Crippen LogP contribution in [0.1, 0.15) is 28.8 Å². The number of carboxylic acid groups (broad SMARTS) is 1. The number of benzene rings is 1. The summed E-state index contributed by atoms with van der Waals surface area (Å²) in [7, 11) is 0. The van der Waals surface area contributed by atoms with Crippen LogP contribution in [0.2, 0.25) is 0 Å². The van der Waals surface area contributed by atoms with Crippen molar-refractivity contribution in [1.29, 1.82) is 0 Å². The van der Waals surface area contributed by atoms with E-state index < -0.39 is 5.97 Å². The minimum Gasteiger partial charge on any atom is -0.487 e. The number of aryl methyl sites for hydroxylation is 1. The van der Waals surface area contributed by atoms with Gasteiger partial charge in [0.15, 0.2) is 0 Å². The summed E-state index contributed by atoms with van der Waals surface area (Å²) in [5.74, 6) is -0.490. The predicted octanol–water partition coefficient (Wildman–Crippen LogP) is 2.25. The maximum atomic E-state index is 11.1. The van der Waals surface area contributed by atoms with E-state index in [2.05, 4.69) is 0 Å². The monoisotopic (exact) mass is 236 g/mol. The summed E-state index contributed by atoms with van der Waals surface area (Å²) >= 11 is 0. The molecule has 92 valence electrons. The summed E-state index contributed by atoms with van der Waals surface area (Å²) in [5, 5.41) is 9.11. The van der Waals surface area contributed by atoms with Gasteiger partial charge in [-0.25, -0.2) is 4.79 Å². The Kier molecular flexibility index (Phi) is 3.64. The van der Waals surface area contributed by atoms with Crippen LogP contribution in [0, 0.1) is 6.92 Å². The summed E-state index contributed by atoms with van der Waals surface area (Å²) in [5.41, 5.74) is 1.06. The van der Waals surface area contributed by atoms with Gasteiger partial charge in [-0.05, 0) is 31.4 Å². The number of rotatable bonds is 3. The molecule has 1 N–H and O–H groups in total. The first-order valence-electron chi connectivity index (χ1n) is 5.76. The smallest absolute Gasteiger partial charge is 0.339 e. The highest BCUT2D eigenvalue weighted by Crippen LogP contribution is 2.26. The van der Waals surface area contributed by atoms with E-state index >= 15 is 0 Å². The normalized spacial score (nSPS) is 19.9. The highest BCUT2D eigenvalue weighted by molar-refractivity contribution is 5.91. The van der Waals surface area contributed by atoms with Gasteiger partial charge >= 0.3 is 5.97 Å². The molecule has 17 heavy (non-hydrogen) atoms. The van der Waals surface area contributed by atoms with Crippen molar-refractivity contribution in [2.75, 3.05) is 13.2 Å². The molecule has 1 aromatic rings. The number of carbonyl (C=O) groups is 1. The van der Waals surface area contributed by atoms with Gasteiger partial charge in [-0.1, -0.05) is 12.1 Å². The average Bonchev–Trinajstić information content (AvgIpc) is 2.33. The van der Waals surface area contributed by atoms with Gasteiger partial charge in [0, 0.05) is 6.61 Å². The molecule has 1 aliphatic rings. The summed E-state index contributed by atoms with van der Waals surface area (Å²) in [6, 6.07) is 5.14. The average molecular weight is 236 g/mol. The molecule has 0 radical (unpaired) electrons. The van der Waals surface area contributed by atoms with E-state index in [9.17, 15) is 4.79 Å². The van der Waals surface area contributed by atoms with Gasteiger partial charge in [0.2, 0.25) is 0 Å². The Hall–Kier alpha value is -1.55. The number of carboxylic acids is 1. The van der Waals surface area contributed by atoms with Gasteiger partial charge in [0.25, 0.3) is 0 Å². The Morgan fingerprint density at radius 2 is 2.35 bits per heavy atom. The number of para-hydroxylation sites is 1. The van der Waals surface area contributed by atoms with E-state index in [0.29, 0.717) is 12.4 Å². The number of aromatic carboxylic acids is 1. The lowest BCUT2D eigenvalue weighted by molar-refractivity contribution is 0.00650. The molecule has 1 atom stereocenters. The van der Waals surface area contributed by atoms with Crippen molar-refractivity contribution in [3.63, 3.8) is 0 Å². The molecule has 1 unspecified atom stereocenters. The third-order valence-corrected chi connectivity index (χ3v) is 2.85. The highest BCUT2D eigenvalue weighted by atomic mass is 16.5. The Morgan fingerprint density at radius 1 is 1.53 bits per heavy atom. The maximum Gasteiger partial charge on any atom is 0.339 e. The summed E-state index contributed by atoms with van der Waals surface area (Å²) < 4.78 is 11.1. The second-order valence-electron chi connectivity index (χ2n) is 4.21. The Labute approximate surface area is 100 Å². The number of hydrogen-bond acceptors (Lipinski definition) is 3. The second-order valence-corrected chi connectivity index (χ2v) is 4.21. The predicted molar refractivity (Wildman–Crippen MR) is 62.6 cm³/mol. The molecule has 0 aromatic heterocycles. The SMILES string of the molecule is Cc1cccc(C(=O)O)c1OC1CCCOC1. The van der Waals surface area contributed by atoms with Crippen LogP contribution < -0.4 is 4.74 Å². The third kappa shape index (κ3) is 2.77. The zero-order chi connectivity index (χ0) is 12.3. The van der Waals surface area contributed by atoms with Crippen molar-refractivity contribution in [2.24, 2.45) is 0 Å². The Morgan fingerprint density at radius 3 is 3.00 bits per heavy atom. The van der Waals surface area contributed by atoms with E-state index in [1.807, 2.05) is 13.0 Å². The van der Waals surface area contributed by atoms with Gasteiger partial charge in [-0.2, -0.15) is 0 Å². The van der Waals surface area contributed by atoms with E-state index in [-0.39, 0.29) is 11.7 Å². The summed E-state index contributed by atoms with van der Waals surface area (Å²) in [6.45, 7) is 3.15. The van der Waals surface area contributed by atoms with Gasteiger partial charge < -0.3 is 14.6 Å². The largest absolute Gasteiger partial charge is 0.487 e. The molecule has 4 nitrogen and oxygen atoms in total. The van der Waals surface area contributed by atoms with Crippen molar-refractivity contribution in [2.45, 2.75) is 25.9 Å². The minimum atomic E-state index is -0.958. The molecule has 0 amide bonds. The van der Waals surface area contributed by atoms with Crippen molar-refractivity contribution in [1.82, 2.24) is 0 Å². The van der Waals surface area contributed by atoms with Crippen molar-refractivity contribution >= 4 is 5.97 Å². The minimum absolute atomic E-state index is 0.0389. The number of hydrogen-bond donors (Lipinski definition) is 1. The van der Waals surface area contributed by atoms with Gasteiger partial charge in [0.05, 0.1) is 6.61 Å². The molecule has 1 heterocycles. The highest BCUT2D eigenvalue weighted by Gasteiger charge is 2.20. The molecule has 0 aliphatic carbocycles. The molecular weight excluding hydrogens is 220 g/mol. The fourth-order valence-electron chi connectivity index (χ4n) is 1.95. The molecule has 1 aliphatic heterocycles. The molecular formula is C13H16O4. The molecule has 2 rings (SSSR count). The first-order chi connectivity index (χ1) is 8.18. The number of ether oxygens (including phenoxy) is 2. The van der Waals surface area contributed by atoms with Crippen LogP contribution in [-0.4, -0.2) is 30.4 Å². The van der Waals surface area contributed by atoms with E-state index in [1.54, 1.807) is 12.1 Å². The lowest BCUT2D eigenvalue weighted by Crippen LogP contribution is -2.28. The van der Waals surface area contributed by atoms with Crippen LogP contribution in [0.3, 0.4) is 0 Å². The van der Waals surface area contributed by atoms with Gasteiger partial charge in [-0.3, -0.25) is 0 Å². The quantitative estimate of drug-likeness (QED) is 0.874. The zero-order valence-electron chi connectivity index (χ0n) is 9.81. The molecule has 0 saturated carbocycles. The molecule has 1 saturated heterocycles. The van der Waals surface area contributed by atoms with Crippen LogP contribution in [0.15, 0.2) is 18.2 Å². The molecule has 1 fully saturated rings. The van der Waals surface area contributed by atoms with E-state index in [1.165, 1.54) is 0 Å². The van der Waals surface area contributed by atoms with Crippen molar-refractivity contribution in [3.8, 4) is 5.75 Å². The lowest BCUT2D eigenvalue weighted by atomic mass is 10.1. The Bertz CT molecular complexity index is 408. The standard InChI is InChI=1S/C13H16O4/c1-9-4-2-6-11(13(14)15)12(9)17-10-5-3-7-16-8-10/h2,4,6,10H,3,5,7-8H2,1H3,(H,14,15). The second kappa shape index (κ2) is 5.19. The molecule has 1 aromatic carbocycles. The first kappa shape index (κ1) is 11.9. The fourth-order valence-corrected chi connectivity index (χ4v) is 1.95. The van der Waals surface area contributed by atoms with E-state index in [4.69, 9.17) is 14.6 Å². The van der Waals surface area contributed by atoms with Crippen LogP contribution in [-0.2, 0) is 4.74 Å². The van der Waals surface area contributed by atoms with Crippen LogP contribution >= 0.6 is 0 Å². The van der Waals surface area contributed by atoms with Gasteiger partial charge in [-0.15, -0.1) is 0 Å². The molecule has 0 bridgehead atoms. The summed E-state index contributed by atoms with van der Waals surface area (Å²) in [4.78, 5) is 11.1. The lowest BCUT2D eigenvalue weighted by Gasteiger charge is -2.24. The molecule has 0 spiro atoms. The third-order valence-electron chi connectivity index (χ3n) is 2.85.